The van der Waals surface area contributed by atoms with Gasteiger partial charge in [0.2, 0.25) is 0 Å². The highest BCUT2D eigenvalue weighted by molar-refractivity contribution is 5.99. The van der Waals surface area contributed by atoms with Gasteiger partial charge in [0, 0.05) is 6.20 Å². The standard InChI is InChI=1S/C10H10N2O6/c13-7-4-11-2-1-5(7)9(16)12-6(10(17)18)3-8(14)15/h1-2,4,6,13H,3H2,(H,12,16)(H,14,15)(H,17,18)/t6-/m1/s1. The molecule has 0 fully saturated rings. The number of pyridine rings is 1. The summed E-state index contributed by atoms with van der Waals surface area (Å²) in [6.07, 6.45) is 1.50. The smallest absolute Gasteiger partial charge is 0.326 e. The minimum absolute atomic E-state index is 0.179. The van der Waals surface area contributed by atoms with Crippen LogP contribution in [0.2, 0.25) is 0 Å². The first-order chi connectivity index (χ1) is 8.41. The SMILES string of the molecule is O=C(O)C[C@@H](NC(=O)c1ccncc1O)C(=O)O. The van der Waals surface area contributed by atoms with Gasteiger partial charge in [0.15, 0.2) is 0 Å². The molecule has 0 unspecified atom stereocenters. The average molecular weight is 254 g/mol. The summed E-state index contributed by atoms with van der Waals surface area (Å²) in [7, 11) is 0. The normalized spacial score (nSPS) is 11.6. The van der Waals surface area contributed by atoms with Gasteiger partial charge in [0.25, 0.3) is 5.91 Å². The van der Waals surface area contributed by atoms with Crippen molar-refractivity contribution in [2.75, 3.05) is 0 Å². The molecule has 0 spiro atoms. The number of carboxylic acids is 2. The summed E-state index contributed by atoms with van der Waals surface area (Å²) in [4.78, 5) is 36.3. The minimum atomic E-state index is -1.57. The van der Waals surface area contributed by atoms with E-state index in [0.717, 1.165) is 6.20 Å². The summed E-state index contributed by atoms with van der Waals surface area (Å²) in [5.41, 5.74) is -0.179. The number of amides is 1. The molecular weight excluding hydrogens is 244 g/mol. The van der Waals surface area contributed by atoms with Crippen LogP contribution in [0.25, 0.3) is 0 Å². The number of nitrogens with zero attached hydrogens (tertiary/aromatic N) is 1. The molecule has 1 heterocycles. The summed E-state index contributed by atoms with van der Waals surface area (Å²) in [5.74, 6) is -4.14. The van der Waals surface area contributed by atoms with E-state index in [1.807, 2.05) is 5.32 Å². The van der Waals surface area contributed by atoms with Crippen LogP contribution in [0, 0.1) is 0 Å². The van der Waals surface area contributed by atoms with E-state index < -0.39 is 36.1 Å². The monoisotopic (exact) mass is 254 g/mol. The van der Waals surface area contributed by atoms with Crippen LogP contribution in [0.3, 0.4) is 0 Å². The highest BCUT2D eigenvalue weighted by Crippen LogP contribution is 2.13. The summed E-state index contributed by atoms with van der Waals surface area (Å²) in [6.45, 7) is 0. The van der Waals surface area contributed by atoms with Crippen molar-refractivity contribution >= 4 is 17.8 Å². The lowest BCUT2D eigenvalue weighted by atomic mass is 10.1. The zero-order valence-electron chi connectivity index (χ0n) is 9.03. The maximum atomic E-state index is 11.6. The maximum Gasteiger partial charge on any atom is 0.326 e. The number of carbonyl (C=O) groups is 3. The number of hydrogen-bond acceptors (Lipinski definition) is 5. The molecule has 96 valence electrons. The lowest BCUT2D eigenvalue weighted by Crippen LogP contribution is -2.42. The highest BCUT2D eigenvalue weighted by atomic mass is 16.4. The molecule has 1 atom stereocenters. The van der Waals surface area contributed by atoms with Crippen LogP contribution in [0.15, 0.2) is 18.5 Å². The van der Waals surface area contributed by atoms with Gasteiger partial charge in [0.05, 0.1) is 18.2 Å². The Morgan fingerprint density at radius 3 is 2.50 bits per heavy atom. The van der Waals surface area contributed by atoms with Crippen LogP contribution in [0.1, 0.15) is 16.8 Å². The van der Waals surface area contributed by atoms with E-state index in [9.17, 15) is 19.5 Å². The van der Waals surface area contributed by atoms with Gasteiger partial charge in [-0.2, -0.15) is 0 Å². The van der Waals surface area contributed by atoms with Crippen molar-refractivity contribution in [3.63, 3.8) is 0 Å². The molecule has 0 aromatic carbocycles. The van der Waals surface area contributed by atoms with Gasteiger partial charge in [-0.15, -0.1) is 0 Å². The Labute approximate surface area is 101 Å². The second-order valence-electron chi connectivity index (χ2n) is 3.35. The van der Waals surface area contributed by atoms with Gasteiger partial charge in [-0.25, -0.2) is 4.79 Å². The number of aliphatic carboxylic acids is 2. The van der Waals surface area contributed by atoms with Crippen LogP contribution in [-0.2, 0) is 9.59 Å². The van der Waals surface area contributed by atoms with Crippen LogP contribution < -0.4 is 5.32 Å². The first-order valence-electron chi connectivity index (χ1n) is 4.80. The van der Waals surface area contributed by atoms with E-state index in [1.165, 1.54) is 12.3 Å². The predicted octanol–water partition coefficient (Wildman–Crippen LogP) is -0.555. The Balaban J connectivity index is 2.82. The van der Waals surface area contributed by atoms with Crippen LogP contribution in [0.4, 0.5) is 0 Å². The van der Waals surface area contributed by atoms with Gasteiger partial charge in [-0.1, -0.05) is 0 Å². The molecule has 1 amide bonds. The molecule has 0 saturated heterocycles. The third-order valence-corrected chi connectivity index (χ3v) is 2.03. The van der Waals surface area contributed by atoms with E-state index in [-0.39, 0.29) is 5.56 Å². The van der Waals surface area contributed by atoms with E-state index in [0.29, 0.717) is 0 Å². The molecule has 0 aliphatic rings. The number of aromatic nitrogens is 1. The van der Waals surface area contributed by atoms with Crippen LogP contribution in [-0.4, -0.2) is 44.2 Å². The number of nitrogens with one attached hydrogen (secondary N) is 1. The van der Waals surface area contributed by atoms with Gasteiger partial charge >= 0.3 is 11.9 Å². The molecule has 0 saturated carbocycles. The maximum absolute atomic E-state index is 11.6. The van der Waals surface area contributed by atoms with Crippen molar-refractivity contribution in [1.82, 2.24) is 10.3 Å². The predicted molar refractivity (Wildman–Crippen MR) is 57.0 cm³/mol. The van der Waals surface area contributed by atoms with Crippen LogP contribution >= 0.6 is 0 Å². The Bertz CT molecular complexity index is 487. The first-order valence-corrected chi connectivity index (χ1v) is 4.80. The van der Waals surface area contributed by atoms with Gasteiger partial charge in [-0.05, 0) is 6.07 Å². The molecule has 18 heavy (non-hydrogen) atoms. The van der Waals surface area contributed by atoms with Gasteiger partial charge in [-0.3, -0.25) is 14.6 Å². The fraction of sp³-hybridized carbons (Fsp3) is 0.200. The Morgan fingerprint density at radius 2 is 2.00 bits per heavy atom. The molecule has 1 aromatic heterocycles. The summed E-state index contributed by atoms with van der Waals surface area (Å²) in [5, 5.41) is 28.6. The van der Waals surface area contributed by atoms with Crippen molar-refractivity contribution in [1.29, 1.82) is 0 Å². The van der Waals surface area contributed by atoms with Gasteiger partial charge < -0.3 is 20.6 Å². The Morgan fingerprint density at radius 1 is 1.33 bits per heavy atom. The van der Waals surface area contributed by atoms with E-state index >= 15 is 0 Å². The van der Waals surface area contributed by atoms with Crippen molar-refractivity contribution in [3.05, 3.63) is 24.0 Å². The average Bonchev–Trinajstić information content (AvgIpc) is 2.27. The Kier molecular flexibility index (Phi) is 4.19. The van der Waals surface area contributed by atoms with E-state index in [4.69, 9.17) is 10.2 Å². The summed E-state index contributed by atoms with van der Waals surface area (Å²) < 4.78 is 0. The second-order valence-corrected chi connectivity index (χ2v) is 3.35. The van der Waals surface area contributed by atoms with Crippen molar-refractivity contribution in [2.24, 2.45) is 0 Å². The quantitative estimate of drug-likeness (QED) is 0.553. The number of rotatable bonds is 5. The molecule has 0 radical (unpaired) electrons. The zero-order valence-corrected chi connectivity index (χ0v) is 9.03. The van der Waals surface area contributed by atoms with Crippen LogP contribution in [0.5, 0.6) is 5.75 Å². The number of hydrogen-bond donors (Lipinski definition) is 4. The lowest BCUT2D eigenvalue weighted by molar-refractivity contribution is -0.145. The topological polar surface area (TPSA) is 137 Å². The Hall–Kier alpha value is -2.64. The van der Waals surface area contributed by atoms with Crippen molar-refractivity contribution in [3.8, 4) is 5.75 Å². The number of carboxylic acid groups (broad SMARTS) is 2. The molecule has 1 aromatic rings. The fourth-order valence-corrected chi connectivity index (χ4v) is 1.19. The molecule has 0 bridgehead atoms. The molecule has 0 aliphatic heterocycles. The number of carbonyl (C=O) groups excluding carboxylic acids is 1. The first kappa shape index (κ1) is 13.4. The largest absolute Gasteiger partial charge is 0.505 e. The second kappa shape index (κ2) is 5.62. The third-order valence-electron chi connectivity index (χ3n) is 2.03. The van der Waals surface area contributed by atoms with Crippen molar-refractivity contribution < 1.29 is 29.7 Å². The summed E-state index contributed by atoms with van der Waals surface area (Å²) in [6, 6.07) is -0.382. The molecular formula is C10H10N2O6. The molecule has 0 aliphatic carbocycles. The molecule has 4 N–H and O–H groups in total. The fourth-order valence-electron chi connectivity index (χ4n) is 1.19. The van der Waals surface area contributed by atoms with Gasteiger partial charge in [0.1, 0.15) is 11.8 Å². The molecule has 8 heteroatoms. The molecule has 1 rings (SSSR count). The number of aromatic hydroxyl groups is 1. The highest BCUT2D eigenvalue weighted by Gasteiger charge is 2.24. The minimum Gasteiger partial charge on any atom is -0.505 e. The lowest BCUT2D eigenvalue weighted by Gasteiger charge is -2.12. The zero-order chi connectivity index (χ0) is 13.7. The van der Waals surface area contributed by atoms with E-state index in [2.05, 4.69) is 4.98 Å². The van der Waals surface area contributed by atoms with Crippen molar-refractivity contribution in [2.45, 2.75) is 12.5 Å². The van der Waals surface area contributed by atoms with E-state index in [1.54, 1.807) is 0 Å². The third kappa shape index (κ3) is 3.44. The molecule has 8 nitrogen and oxygen atoms in total. The summed E-state index contributed by atoms with van der Waals surface area (Å²) >= 11 is 0.